The van der Waals surface area contributed by atoms with Gasteiger partial charge in [0.25, 0.3) is 0 Å². The first-order valence-corrected chi connectivity index (χ1v) is 11.3. The molecule has 0 unspecified atom stereocenters. The Morgan fingerprint density at radius 3 is 2.22 bits per heavy atom. The quantitative estimate of drug-likeness (QED) is 0.205. The second-order valence-electron chi connectivity index (χ2n) is 7.81. The monoisotopic (exact) mass is 543 g/mol. The number of halogens is 4. The largest absolute Gasteiger partial charge is 0.490 e. The molecule has 1 amide bonds. The van der Waals surface area contributed by atoms with E-state index in [-0.39, 0.29) is 18.2 Å². The molecule has 1 aromatic heterocycles. The lowest BCUT2D eigenvalue weighted by Crippen LogP contribution is -2.52. The second-order valence-corrected chi connectivity index (χ2v) is 8.25. The van der Waals surface area contributed by atoms with Crippen LogP contribution in [0.25, 0.3) is 11.0 Å². The van der Waals surface area contributed by atoms with Gasteiger partial charge in [0.2, 0.25) is 17.0 Å². The molecule has 200 valence electrons. The molecule has 2 atom stereocenters. The van der Waals surface area contributed by atoms with E-state index in [0.717, 1.165) is 5.52 Å². The molecule has 0 aliphatic rings. The summed E-state index contributed by atoms with van der Waals surface area (Å²) in [6, 6.07) is 11.2. The third kappa shape index (κ3) is 8.55. The van der Waals surface area contributed by atoms with Crippen molar-refractivity contribution >= 4 is 46.6 Å². The number of nitrogens with zero attached hydrogens (tertiary/aromatic N) is 2. The van der Waals surface area contributed by atoms with Crippen LogP contribution in [-0.2, 0) is 20.8 Å². The zero-order chi connectivity index (χ0) is 27.8. The standard InChI is InChI=1S/C21H24FN5O2S.C2HF3O2/c22-14-9-7-13(8-10-14)12-15(24)19(28)27(18(20(29)30)6-3-11-23)21-25-16-4-1-2-5-17(16)26-21;3-2(4,5)1(6)7/h1-2,4-5,7-10,15,18H,3,6,11-12,23-24H2,(H,25,26)(H,29,30);(H,6,7)/t15-,18-;/m0./s1. The Balaban J connectivity index is 0.000000604. The highest BCUT2D eigenvalue weighted by molar-refractivity contribution is 7.96. The van der Waals surface area contributed by atoms with Crippen LogP contribution < -0.4 is 16.4 Å². The van der Waals surface area contributed by atoms with Crippen molar-refractivity contribution in [1.29, 1.82) is 0 Å². The molecule has 2 aromatic carbocycles. The number of nitrogens with one attached hydrogen (secondary N) is 1. The van der Waals surface area contributed by atoms with Gasteiger partial charge in [0, 0.05) is 0 Å². The summed E-state index contributed by atoms with van der Waals surface area (Å²) in [7, 11) is 0. The average molecular weight is 544 g/mol. The SMILES string of the molecule is NCCC[C@@H](C(=O)S)N(C(=O)[C@@H](N)Cc1ccc(F)cc1)c1nc2ccccc2[nH]1.O=C(O)C(F)(F)F. The first-order chi connectivity index (χ1) is 17.3. The first kappa shape index (κ1) is 29.7. The molecule has 0 bridgehead atoms. The van der Waals surface area contributed by atoms with E-state index < -0.39 is 35.3 Å². The van der Waals surface area contributed by atoms with Crippen LogP contribution >= 0.6 is 12.6 Å². The number of aromatic nitrogens is 2. The topological polar surface area (TPSA) is 155 Å². The Hall–Kier alpha value is -3.49. The van der Waals surface area contributed by atoms with Crippen molar-refractivity contribution in [3.63, 3.8) is 0 Å². The Morgan fingerprint density at radius 1 is 1.11 bits per heavy atom. The van der Waals surface area contributed by atoms with Gasteiger partial charge in [-0.25, -0.2) is 14.2 Å². The average Bonchev–Trinajstić information content (AvgIpc) is 3.26. The number of imidazole rings is 1. The minimum Gasteiger partial charge on any atom is -0.475 e. The van der Waals surface area contributed by atoms with Gasteiger partial charge in [0.1, 0.15) is 11.9 Å². The summed E-state index contributed by atoms with van der Waals surface area (Å²) in [5, 5.41) is 6.64. The van der Waals surface area contributed by atoms with Crippen molar-refractivity contribution in [2.45, 2.75) is 37.5 Å². The van der Waals surface area contributed by atoms with E-state index in [9.17, 15) is 27.2 Å². The summed E-state index contributed by atoms with van der Waals surface area (Å²) < 4.78 is 44.9. The highest BCUT2D eigenvalue weighted by Gasteiger charge is 2.38. The zero-order valence-corrected chi connectivity index (χ0v) is 20.2. The zero-order valence-electron chi connectivity index (χ0n) is 19.3. The fourth-order valence-electron chi connectivity index (χ4n) is 3.27. The number of alkyl halides is 3. The van der Waals surface area contributed by atoms with E-state index in [2.05, 4.69) is 22.6 Å². The van der Waals surface area contributed by atoms with Gasteiger partial charge in [0.15, 0.2) is 0 Å². The van der Waals surface area contributed by atoms with Gasteiger partial charge in [0.05, 0.1) is 17.1 Å². The minimum atomic E-state index is -5.08. The van der Waals surface area contributed by atoms with Crippen LogP contribution in [0.5, 0.6) is 0 Å². The summed E-state index contributed by atoms with van der Waals surface area (Å²) in [5.74, 6) is -3.39. The summed E-state index contributed by atoms with van der Waals surface area (Å²) in [4.78, 5) is 43.4. The van der Waals surface area contributed by atoms with Gasteiger partial charge >= 0.3 is 12.1 Å². The lowest BCUT2D eigenvalue weighted by Gasteiger charge is -2.30. The highest BCUT2D eigenvalue weighted by atomic mass is 32.1. The van der Waals surface area contributed by atoms with Crippen LogP contribution in [-0.4, -0.2) is 56.9 Å². The van der Waals surface area contributed by atoms with Crippen LogP contribution in [0.3, 0.4) is 0 Å². The predicted molar refractivity (Wildman–Crippen MR) is 131 cm³/mol. The molecule has 0 saturated carbocycles. The number of benzene rings is 2. The van der Waals surface area contributed by atoms with Crippen LogP contribution in [0, 0.1) is 5.82 Å². The number of nitrogens with two attached hydrogens (primary N) is 2. The molecular formula is C23H25F4N5O4S. The van der Waals surface area contributed by atoms with Gasteiger partial charge in [-0.1, -0.05) is 24.3 Å². The molecule has 0 spiro atoms. The molecule has 0 radical (unpaired) electrons. The number of aromatic amines is 1. The number of amides is 1. The van der Waals surface area contributed by atoms with E-state index >= 15 is 0 Å². The number of carbonyl (C=O) groups is 3. The number of H-pyrrole nitrogens is 1. The highest BCUT2D eigenvalue weighted by Crippen LogP contribution is 2.23. The second kappa shape index (κ2) is 13.2. The minimum absolute atomic E-state index is 0.181. The van der Waals surface area contributed by atoms with E-state index in [4.69, 9.17) is 21.4 Å². The smallest absolute Gasteiger partial charge is 0.475 e. The molecular weight excluding hydrogens is 518 g/mol. The number of carboxylic acids is 1. The summed E-state index contributed by atoms with van der Waals surface area (Å²) in [6.45, 7) is 0.362. The Morgan fingerprint density at radius 2 is 1.70 bits per heavy atom. The number of hydrogen-bond acceptors (Lipinski definition) is 6. The summed E-state index contributed by atoms with van der Waals surface area (Å²) in [6.07, 6.45) is -4.06. The first-order valence-electron chi connectivity index (χ1n) is 10.9. The fourth-order valence-corrected chi connectivity index (χ4v) is 3.52. The van der Waals surface area contributed by atoms with Crippen molar-refractivity contribution in [2.24, 2.45) is 11.5 Å². The Bertz CT molecular complexity index is 1190. The number of rotatable bonds is 9. The maximum absolute atomic E-state index is 13.4. The number of para-hydroxylation sites is 2. The van der Waals surface area contributed by atoms with Gasteiger partial charge in [-0.15, -0.1) is 12.6 Å². The molecule has 6 N–H and O–H groups in total. The maximum atomic E-state index is 13.4. The van der Waals surface area contributed by atoms with Crippen molar-refractivity contribution in [3.8, 4) is 0 Å². The Kier molecular flexibility index (Phi) is 10.6. The summed E-state index contributed by atoms with van der Waals surface area (Å²) in [5.41, 5.74) is 13.9. The molecule has 0 fully saturated rings. The van der Waals surface area contributed by atoms with Gasteiger partial charge in [-0.3, -0.25) is 14.5 Å². The molecule has 3 rings (SSSR count). The molecule has 3 aromatic rings. The predicted octanol–water partition coefficient (Wildman–Crippen LogP) is 2.80. The van der Waals surface area contributed by atoms with Crippen LogP contribution in [0.2, 0.25) is 0 Å². The van der Waals surface area contributed by atoms with Crippen molar-refractivity contribution < 1.29 is 37.1 Å². The number of aliphatic carboxylic acids is 1. The number of fused-ring (bicyclic) bond motifs is 1. The molecule has 9 nitrogen and oxygen atoms in total. The Labute approximate surface area is 214 Å². The maximum Gasteiger partial charge on any atom is 0.490 e. The number of carbonyl (C=O) groups excluding carboxylic acids is 2. The third-order valence-electron chi connectivity index (χ3n) is 5.05. The number of hydrogen-bond donors (Lipinski definition) is 5. The number of carboxylic acid groups (broad SMARTS) is 1. The molecule has 1 heterocycles. The lowest BCUT2D eigenvalue weighted by molar-refractivity contribution is -0.192. The molecule has 0 aliphatic carbocycles. The van der Waals surface area contributed by atoms with E-state index in [1.807, 2.05) is 18.2 Å². The number of anilines is 1. The van der Waals surface area contributed by atoms with Crippen molar-refractivity contribution in [2.75, 3.05) is 11.4 Å². The summed E-state index contributed by atoms with van der Waals surface area (Å²) >= 11 is 3.99. The van der Waals surface area contributed by atoms with Crippen LogP contribution in [0.1, 0.15) is 18.4 Å². The normalized spacial score (nSPS) is 12.8. The fraction of sp³-hybridized carbons (Fsp3) is 0.304. The van der Waals surface area contributed by atoms with Gasteiger partial charge < -0.3 is 21.6 Å². The van der Waals surface area contributed by atoms with Crippen molar-refractivity contribution in [3.05, 3.63) is 59.9 Å². The van der Waals surface area contributed by atoms with Crippen LogP contribution in [0.4, 0.5) is 23.5 Å². The third-order valence-corrected chi connectivity index (χ3v) is 5.35. The van der Waals surface area contributed by atoms with E-state index in [1.54, 1.807) is 18.2 Å². The van der Waals surface area contributed by atoms with Crippen LogP contribution in [0.15, 0.2) is 48.5 Å². The molecule has 14 heteroatoms. The van der Waals surface area contributed by atoms with Crippen molar-refractivity contribution in [1.82, 2.24) is 9.97 Å². The van der Waals surface area contributed by atoms with E-state index in [0.29, 0.717) is 30.5 Å². The molecule has 37 heavy (non-hydrogen) atoms. The number of thiol groups is 1. The lowest BCUT2D eigenvalue weighted by atomic mass is 10.0. The van der Waals surface area contributed by atoms with E-state index in [1.165, 1.54) is 17.0 Å². The van der Waals surface area contributed by atoms with Gasteiger partial charge in [-0.2, -0.15) is 13.2 Å². The van der Waals surface area contributed by atoms with Gasteiger partial charge in [-0.05, 0) is 55.6 Å². The molecule has 0 aliphatic heterocycles. The molecule has 0 saturated heterocycles.